The lowest BCUT2D eigenvalue weighted by Crippen LogP contribution is -2.42. The molecule has 0 spiro atoms. The quantitative estimate of drug-likeness (QED) is 0.278. The molecule has 10 heteroatoms. The first-order valence-corrected chi connectivity index (χ1v) is 12.0. The van der Waals surface area contributed by atoms with Gasteiger partial charge in [0.2, 0.25) is 5.91 Å². The Kier molecular flexibility index (Phi) is 7.86. The number of methoxy groups -OCH3 is 2. The fourth-order valence-electron chi connectivity index (χ4n) is 3.32. The summed E-state index contributed by atoms with van der Waals surface area (Å²) >= 11 is 1.20. The van der Waals surface area contributed by atoms with E-state index in [0.717, 1.165) is 28.3 Å². The molecular formula is C26H25N5O4S. The predicted octanol–water partition coefficient (Wildman–Crippen LogP) is 3.81. The van der Waals surface area contributed by atoms with Crippen molar-refractivity contribution in [3.63, 3.8) is 0 Å². The molecule has 4 aromatic rings. The Morgan fingerprint density at radius 2 is 1.44 bits per heavy atom. The molecule has 0 atom stereocenters. The van der Waals surface area contributed by atoms with Crippen molar-refractivity contribution in [2.45, 2.75) is 12.1 Å². The summed E-state index contributed by atoms with van der Waals surface area (Å²) in [5, 5.41) is 9.22. The predicted molar refractivity (Wildman–Crippen MR) is 137 cm³/mol. The number of ether oxygens (including phenoxy) is 2. The van der Waals surface area contributed by atoms with Crippen molar-refractivity contribution < 1.29 is 19.1 Å². The Bertz CT molecular complexity index is 1340. The van der Waals surface area contributed by atoms with Crippen LogP contribution in [-0.2, 0) is 4.79 Å². The van der Waals surface area contributed by atoms with E-state index in [9.17, 15) is 9.59 Å². The lowest BCUT2D eigenvalue weighted by molar-refractivity contribution is -0.119. The van der Waals surface area contributed by atoms with Crippen molar-refractivity contribution in [3.8, 4) is 28.6 Å². The topological polar surface area (TPSA) is 107 Å². The molecule has 0 saturated carbocycles. The molecule has 0 saturated heterocycles. The van der Waals surface area contributed by atoms with Gasteiger partial charge in [0, 0.05) is 16.8 Å². The highest BCUT2D eigenvalue weighted by molar-refractivity contribution is 7.99. The van der Waals surface area contributed by atoms with Gasteiger partial charge in [0.15, 0.2) is 11.0 Å². The number of hydrazine groups is 1. The number of amides is 2. The number of thioether (sulfide) groups is 1. The second-order valence-corrected chi connectivity index (χ2v) is 8.67. The van der Waals surface area contributed by atoms with E-state index in [1.807, 2.05) is 72.2 Å². The zero-order chi connectivity index (χ0) is 25.5. The molecule has 2 N–H and O–H groups in total. The average Bonchev–Trinajstić information content (AvgIpc) is 3.35. The molecule has 2 amide bonds. The summed E-state index contributed by atoms with van der Waals surface area (Å²) in [7, 11) is 3.21. The Hall–Kier alpha value is -4.31. The highest BCUT2D eigenvalue weighted by atomic mass is 32.2. The largest absolute Gasteiger partial charge is 0.497 e. The molecular weight excluding hydrogens is 478 g/mol. The highest BCUT2D eigenvalue weighted by Crippen LogP contribution is 2.29. The SMILES string of the molecule is COc1ccc(-c2nnc(SCC(=O)NNC(=O)c3ccc(C)cc3)n2-c2ccc(OC)cc2)cc1. The van der Waals surface area contributed by atoms with E-state index in [1.54, 1.807) is 26.4 Å². The summed E-state index contributed by atoms with van der Waals surface area (Å²) in [5.74, 6) is 1.31. The minimum atomic E-state index is -0.392. The van der Waals surface area contributed by atoms with Crippen LogP contribution in [-0.4, -0.2) is 46.6 Å². The molecule has 9 nitrogen and oxygen atoms in total. The number of aromatic nitrogens is 3. The summed E-state index contributed by atoms with van der Waals surface area (Å²) in [6.45, 7) is 1.94. The monoisotopic (exact) mass is 503 g/mol. The van der Waals surface area contributed by atoms with Gasteiger partial charge in [0.1, 0.15) is 11.5 Å². The van der Waals surface area contributed by atoms with Crippen molar-refractivity contribution >= 4 is 23.6 Å². The van der Waals surface area contributed by atoms with Crippen LogP contribution in [0.5, 0.6) is 11.5 Å². The van der Waals surface area contributed by atoms with Crippen molar-refractivity contribution in [1.29, 1.82) is 0 Å². The lowest BCUT2D eigenvalue weighted by Gasteiger charge is -2.12. The van der Waals surface area contributed by atoms with Gasteiger partial charge >= 0.3 is 0 Å². The first-order valence-electron chi connectivity index (χ1n) is 11.0. The fourth-order valence-corrected chi connectivity index (χ4v) is 4.08. The van der Waals surface area contributed by atoms with E-state index in [2.05, 4.69) is 21.0 Å². The first-order chi connectivity index (χ1) is 17.5. The van der Waals surface area contributed by atoms with Crippen LogP contribution in [0.1, 0.15) is 15.9 Å². The molecule has 0 fully saturated rings. The molecule has 184 valence electrons. The van der Waals surface area contributed by atoms with Gasteiger partial charge in [0.25, 0.3) is 5.91 Å². The number of nitrogens with zero attached hydrogens (tertiary/aromatic N) is 3. The molecule has 1 aromatic heterocycles. The normalized spacial score (nSPS) is 10.5. The number of carbonyl (C=O) groups is 2. The minimum absolute atomic E-state index is 0.0189. The van der Waals surface area contributed by atoms with E-state index in [0.29, 0.717) is 16.5 Å². The third-order valence-electron chi connectivity index (χ3n) is 5.27. The molecule has 0 radical (unpaired) electrons. The molecule has 3 aromatic carbocycles. The van der Waals surface area contributed by atoms with Crippen LogP contribution < -0.4 is 20.3 Å². The van der Waals surface area contributed by atoms with Gasteiger partial charge in [-0.25, -0.2) is 0 Å². The zero-order valence-corrected chi connectivity index (χ0v) is 20.8. The maximum atomic E-state index is 12.5. The Morgan fingerprint density at radius 1 is 0.833 bits per heavy atom. The standard InChI is InChI=1S/C26H25N5O4S/c1-17-4-6-19(7-5-17)25(33)29-27-23(32)16-36-26-30-28-24(18-8-12-21(34-2)13-9-18)31(26)20-10-14-22(35-3)15-11-20/h4-15H,16H2,1-3H3,(H,27,32)(H,29,33). The van der Waals surface area contributed by atoms with E-state index >= 15 is 0 Å². The summed E-state index contributed by atoms with van der Waals surface area (Å²) in [4.78, 5) is 24.7. The number of hydrogen-bond acceptors (Lipinski definition) is 7. The van der Waals surface area contributed by atoms with Gasteiger partial charge in [-0.3, -0.25) is 25.0 Å². The van der Waals surface area contributed by atoms with Crippen LogP contribution in [0.2, 0.25) is 0 Å². The molecule has 0 bridgehead atoms. The van der Waals surface area contributed by atoms with Crippen molar-refractivity contribution in [2.24, 2.45) is 0 Å². The molecule has 4 rings (SSSR count). The van der Waals surface area contributed by atoms with Crippen LogP contribution in [0.15, 0.2) is 78.0 Å². The van der Waals surface area contributed by atoms with Crippen molar-refractivity contribution in [3.05, 3.63) is 83.9 Å². The highest BCUT2D eigenvalue weighted by Gasteiger charge is 2.18. The van der Waals surface area contributed by atoms with Crippen molar-refractivity contribution in [1.82, 2.24) is 25.6 Å². The van der Waals surface area contributed by atoms with Crippen LogP contribution >= 0.6 is 11.8 Å². The summed E-state index contributed by atoms with van der Waals surface area (Å²) < 4.78 is 12.4. The fraction of sp³-hybridized carbons (Fsp3) is 0.154. The Balaban J connectivity index is 1.50. The van der Waals surface area contributed by atoms with Gasteiger partial charge < -0.3 is 9.47 Å². The van der Waals surface area contributed by atoms with E-state index in [4.69, 9.17) is 9.47 Å². The number of hydrogen-bond donors (Lipinski definition) is 2. The number of carbonyl (C=O) groups excluding carboxylic acids is 2. The molecule has 1 heterocycles. The molecule has 0 aliphatic carbocycles. The second kappa shape index (κ2) is 11.4. The van der Waals surface area contributed by atoms with Crippen LogP contribution in [0.25, 0.3) is 17.1 Å². The summed E-state index contributed by atoms with van der Waals surface area (Å²) in [6, 6.07) is 22.0. The minimum Gasteiger partial charge on any atom is -0.497 e. The maximum absolute atomic E-state index is 12.5. The van der Waals surface area contributed by atoms with E-state index in [1.165, 1.54) is 11.8 Å². The molecule has 0 aliphatic heterocycles. The molecule has 0 aliphatic rings. The molecule has 36 heavy (non-hydrogen) atoms. The van der Waals surface area contributed by atoms with Gasteiger partial charge in [-0.15, -0.1) is 10.2 Å². The number of nitrogens with one attached hydrogen (secondary N) is 2. The second-order valence-electron chi connectivity index (χ2n) is 7.73. The number of aryl methyl sites for hydroxylation is 1. The van der Waals surface area contributed by atoms with Crippen molar-refractivity contribution in [2.75, 3.05) is 20.0 Å². The lowest BCUT2D eigenvalue weighted by atomic mass is 10.1. The Labute approximate surface area is 212 Å². The zero-order valence-electron chi connectivity index (χ0n) is 20.0. The number of rotatable bonds is 8. The van der Waals surface area contributed by atoms with Crippen LogP contribution in [0.3, 0.4) is 0 Å². The summed E-state index contributed by atoms with van der Waals surface area (Å²) in [5.41, 5.74) is 8.02. The third-order valence-corrected chi connectivity index (χ3v) is 6.20. The van der Waals surface area contributed by atoms with Crippen LogP contribution in [0, 0.1) is 6.92 Å². The smallest absolute Gasteiger partial charge is 0.269 e. The summed E-state index contributed by atoms with van der Waals surface area (Å²) in [6.07, 6.45) is 0. The van der Waals surface area contributed by atoms with E-state index in [-0.39, 0.29) is 11.7 Å². The third kappa shape index (κ3) is 5.84. The maximum Gasteiger partial charge on any atom is 0.269 e. The van der Waals surface area contributed by atoms with Gasteiger partial charge in [-0.2, -0.15) is 0 Å². The average molecular weight is 504 g/mol. The first kappa shape index (κ1) is 24.8. The van der Waals surface area contributed by atoms with Gasteiger partial charge in [-0.05, 0) is 67.6 Å². The van der Waals surface area contributed by atoms with Crippen LogP contribution in [0.4, 0.5) is 0 Å². The molecule has 0 unspecified atom stereocenters. The Morgan fingerprint density at radius 3 is 2.06 bits per heavy atom. The number of benzene rings is 3. The van der Waals surface area contributed by atoms with Gasteiger partial charge in [-0.1, -0.05) is 29.5 Å². The van der Waals surface area contributed by atoms with E-state index < -0.39 is 5.91 Å². The van der Waals surface area contributed by atoms with Gasteiger partial charge in [0.05, 0.1) is 20.0 Å².